The van der Waals surface area contributed by atoms with E-state index in [2.05, 4.69) is 4.98 Å². The van der Waals surface area contributed by atoms with E-state index >= 15 is 0 Å². The Morgan fingerprint density at radius 2 is 1.66 bits per heavy atom. The minimum atomic E-state index is -0.249. The summed E-state index contributed by atoms with van der Waals surface area (Å²) in [5, 5.41) is 0.914. The van der Waals surface area contributed by atoms with Gasteiger partial charge in [-0.05, 0) is 60.3 Å². The number of pyridine rings is 1. The molecule has 0 aliphatic heterocycles. The zero-order valence-corrected chi connectivity index (χ0v) is 18.2. The number of fused-ring (bicyclic) bond motifs is 1. The number of hydrogen-bond acceptors (Lipinski definition) is 4. The number of aromatic nitrogens is 1. The summed E-state index contributed by atoms with van der Waals surface area (Å²) in [6, 6.07) is 22.0. The van der Waals surface area contributed by atoms with Crippen LogP contribution in [0.2, 0.25) is 0 Å². The molecule has 6 nitrogen and oxygen atoms in total. The molecule has 32 heavy (non-hydrogen) atoms. The van der Waals surface area contributed by atoms with Crippen LogP contribution in [0.4, 0.5) is 5.69 Å². The highest BCUT2D eigenvalue weighted by Gasteiger charge is 2.21. The lowest BCUT2D eigenvalue weighted by molar-refractivity contribution is 0.0984. The molecule has 4 rings (SSSR count). The van der Waals surface area contributed by atoms with Crippen LogP contribution in [0.3, 0.4) is 0 Å². The molecule has 0 spiro atoms. The number of benzene rings is 3. The van der Waals surface area contributed by atoms with E-state index in [1.54, 1.807) is 30.2 Å². The molecule has 0 saturated carbocycles. The van der Waals surface area contributed by atoms with Gasteiger partial charge in [-0.3, -0.25) is 9.59 Å². The fourth-order valence-electron chi connectivity index (χ4n) is 3.66. The third-order valence-corrected chi connectivity index (χ3v) is 5.35. The van der Waals surface area contributed by atoms with Gasteiger partial charge >= 0.3 is 0 Å². The van der Waals surface area contributed by atoms with Gasteiger partial charge in [-0.25, -0.2) is 0 Å². The SMILES string of the molecule is COc1ccc(C(=O)N(Cc2cc3ccc(C)cc3[nH]c2=O)c2ccccc2)cc1OC. The Morgan fingerprint density at radius 3 is 2.38 bits per heavy atom. The van der Waals surface area contributed by atoms with E-state index in [1.165, 1.54) is 7.11 Å². The van der Waals surface area contributed by atoms with Gasteiger partial charge in [0, 0.05) is 22.3 Å². The fourth-order valence-corrected chi connectivity index (χ4v) is 3.66. The Kier molecular flexibility index (Phi) is 5.94. The number of rotatable bonds is 6. The number of carbonyl (C=O) groups excluding carboxylic acids is 1. The molecule has 1 aromatic heterocycles. The number of ether oxygens (including phenoxy) is 2. The number of methoxy groups -OCH3 is 2. The van der Waals surface area contributed by atoms with Crippen LogP contribution >= 0.6 is 0 Å². The minimum absolute atomic E-state index is 0.121. The number of carbonyl (C=O) groups is 1. The highest BCUT2D eigenvalue weighted by atomic mass is 16.5. The van der Waals surface area contributed by atoms with Crippen molar-refractivity contribution in [2.24, 2.45) is 0 Å². The second-order valence-corrected chi connectivity index (χ2v) is 7.51. The third-order valence-electron chi connectivity index (χ3n) is 5.35. The van der Waals surface area contributed by atoms with Crippen molar-refractivity contribution >= 4 is 22.5 Å². The summed E-state index contributed by atoms with van der Waals surface area (Å²) >= 11 is 0. The average Bonchev–Trinajstić information content (AvgIpc) is 2.82. The summed E-state index contributed by atoms with van der Waals surface area (Å²) in [4.78, 5) is 30.9. The van der Waals surface area contributed by atoms with E-state index in [1.807, 2.05) is 61.5 Å². The first-order valence-electron chi connectivity index (χ1n) is 10.2. The van der Waals surface area contributed by atoms with Crippen LogP contribution in [0.5, 0.6) is 11.5 Å². The molecule has 0 fully saturated rings. The van der Waals surface area contributed by atoms with Gasteiger partial charge in [0.2, 0.25) is 0 Å². The first-order chi connectivity index (χ1) is 15.5. The molecule has 0 radical (unpaired) electrons. The predicted molar refractivity (Wildman–Crippen MR) is 126 cm³/mol. The molecule has 0 saturated heterocycles. The van der Waals surface area contributed by atoms with Crippen LogP contribution in [0.15, 0.2) is 77.6 Å². The fraction of sp³-hybridized carbons (Fsp3) is 0.154. The van der Waals surface area contributed by atoms with E-state index in [9.17, 15) is 9.59 Å². The summed E-state index contributed by atoms with van der Waals surface area (Å²) in [5.41, 5.74) is 3.24. The van der Waals surface area contributed by atoms with Gasteiger partial charge in [0.25, 0.3) is 11.5 Å². The van der Waals surface area contributed by atoms with Gasteiger partial charge < -0.3 is 19.4 Å². The third kappa shape index (κ3) is 4.21. The van der Waals surface area contributed by atoms with Crippen molar-refractivity contribution in [1.29, 1.82) is 0 Å². The number of aromatic amines is 1. The van der Waals surface area contributed by atoms with Crippen molar-refractivity contribution in [2.45, 2.75) is 13.5 Å². The van der Waals surface area contributed by atoms with E-state index in [0.717, 1.165) is 16.5 Å². The maximum Gasteiger partial charge on any atom is 0.258 e. The second kappa shape index (κ2) is 8.98. The quantitative estimate of drug-likeness (QED) is 0.483. The molecule has 162 valence electrons. The number of hydrogen-bond donors (Lipinski definition) is 1. The summed E-state index contributed by atoms with van der Waals surface area (Å²) in [6.07, 6.45) is 0. The van der Waals surface area contributed by atoms with Gasteiger partial charge in [-0.15, -0.1) is 0 Å². The van der Waals surface area contributed by atoms with Gasteiger partial charge in [-0.2, -0.15) is 0 Å². The number of amides is 1. The summed E-state index contributed by atoms with van der Waals surface area (Å²) < 4.78 is 10.6. The molecular weight excluding hydrogens is 404 g/mol. The zero-order valence-electron chi connectivity index (χ0n) is 18.2. The average molecular weight is 428 g/mol. The second-order valence-electron chi connectivity index (χ2n) is 7.51. The molecule has 0 aliphatic carbocycles. The largest absolute Gasteiger partial charge is 0.493 e. The maximum absolute atomic E-state index is 13.6. The number of para-hydroxylation sites is 1. The van der Waals surface area contributed by atoms with Gasteiger partial charge in [0.15, 0.2) is 11.5 Å². The monoisotopic (exact) mass is 428 g/mol. The van der Waals surface area contributed by atoms with Crippen molar-refractivity contribution in [3.8, 4) is 11.5 Å². The molecule has 1 N–H and O–H groups in total. The molecule has 1 heterocycles. The van der Waals surface area contributed by atoms with Crippen LogP contribution in [0, 0.1) is 6.92 Å². The Labute approximate surface area is 186 Å². The molecular formula is C26H24N2O4. The van der Waals surface area contributed by atoms with Crippen LogP contribution < -0.4 is 19.9 Å². The van der Waals surface area contributed by atoms with Crippen molar-refractivity contribution in [3.63, 3.8) is 0 Å². The zero-order chi connectivity index (χ0) is 22.7. The molecule has 0 unspecified atom stereocenters. The van der Waals surface area contributed by atoms with Gasteiger partial charge in [0.1, 0.15) is 0 Å². The van der Waals surface area contributed by atoms with Gasteiger partial charge in [0.05, 0.1) is 20.8 Å². The maximum atomic E-state index is 13.6. The molecule has 1 amide bonds. The lowest BCUT2D eigenvalue weighted by atomic mass is 10.1. The summed E-state index contributed by atoms with van der Waals surface area (Å²) in [5.74, 6) is 0.752. The lowest BCUT2D eigenvalue weighted by Gasteiger charge is -2.23. The van der Waals surface area contributed by atoms with Crippen LogP contribution in [0.25, 0.3) is 10.9 Å². The standard InChI is InChI=1S/C26H24N2O4/c1-17-9-10-18-14-20(25(29)27-22(18)13-17)16-28(21-7-5-4-6-8-21)26(30)19-11-12-23(31-2)24(15-19)32-3/h4-15H,16H2,1-3H3,(H,27,29). The number of nitrogens with one attached hydrogen (secondary N) is 1. The predicted octanol–water partition coefficient (Wildman–Crippen LogP) is 4.70. The Morgan fingerprint density at radius 1 is 0.906 bits per heavy atom. The van der Waals surface area contributed by atoms with Crippen molar-refractivity contribution in [1.82, 2.24) is 4.98 Å². The van der Waals surface area contributed by atoms with Crippen LogP contribution in [-0.4, -0.2) is 25.1 Å². The number of nitrogens with zero attached hydrogens (tertiary/aromatic N) is 1. The highest BCUT2D eigenvalue weighted by Crippen LogP contribution is 2.29. The molecule has 0 aliphatic rings. The summed E-state index contributed by atoms with van der Waals surface area (Å²) in [7, 11) is 3.07. The normalized spacial score (nSPS) is 10.7. The smallest absolute Gasteiger partial charge is 0.258 e. The Hall–Kier alpha value is -4.06. The van der Waals surface area contributed by atoms with E-state index in [-0.39, 0.29) is 18.0 Å². The van der Waals surface area contributed by atoms with E-state index < -0.39 is 0 Å². The molecule has 0 atom stereocenters. The van der Waals surface area contributed by atoms with E-state index in [4.69, 9.17) is 9.47 Å². The highest BCUT2D eigenvalue weighted by molar-refractivity contribution is 6.06. The minimum Gasteiger partial charge on any atom is -0.493 e. The summed E-state index contributed by atoms with van der Waals surface area (Å²) in [6.45, 7) is 2.10. The Bertz CT molecular complexity index is 1330. The Balaban J connectivity index is 1.76. The van der Waals surface area contributed by atoms with Crippen LogP contribution in [-0.2, 0) is 6.54 Å². The first-order valence-corrected chi connectivity index (χ1v) is 10.2. The number of aryl methyl sites for hydroxylation is 1. The molecule has 3 aromatic carbocycles. The molecule has 0 bridgehead atoms. The first kappa shape index (κ1) is 21.2. The number of H-pyrrole nitrogens is 1. The molecule has 6 heteroatoms. The van der Waals surface area contributed by atoms with Crippen LogP contribution in [0.1, 0.15) is 21.5 Å². The number of anilines is 1. The topological polar surface area (TPSA) is 71.6 Å². The van der Waals surface area contributed by atoms with Crippen molar-refractivity contribution in [3.05, 3.63) is 99.8 Å². The van der Waals surface area contributed by atoms with E-state index in [0.29, 0.717) is 28.3 Å². The van der Waals surface area contributed by atoms with Gasteiger partial charge in [-0.1, -0.05) is 30.3 Å². The lowest BCUT2D eigenvalue weighted by Crippen LogP contribution is -2.32. The molecule has 4 aromatic rings. The van der Waals surface area contributed by atoms with Crippen molar-refractivity contribution in [2.75, 3.05) is 19.1 Å². The van der Waals surface area contributed by atoms with Crippen molar-refractivity contribution < 1.29 is 14.3 Å².